The predicted molar refractivity (Wildman–Crippen MR) is 87.2 cm³/mol. The number of hydrogen-bond acceptors (Lipinski definition) is 3. The molecule has 0 bridgehead atoms. The zero-order valence-corrected chi connectivity index (χ0v) is 14.3. The molecule has 1 fully saturated rings. The number of nitrogens with zero attached hydrogens (tertiary/aromatic N) is 1. The Kier molecular flexibility index (Phi) is 8.74. The molecule has 3 nitrogen and oxygen atoms in total. The van der Waals surface area contributed by atoms with Gasteiger partial charge in [0.15, 0.2) is 0 Å². The lowest BCUT2D eigenvalue weighted by Gasteiger charge is -2.45. The Hall–Kier alpha value is -0.120. The van der Waals surface area contributed by atoms with Crippen molar-refractivity contribution >= 4 is 0 Å². The monoisotopic (exact) mass is 284 g/mol. The summed E-state index contributed by atoms with van der Waals surface area (Å²) in [5.41, 5.74) is 0. The summed E-state index contributed by atoms with van der Waals surface area (Å²) in [6.45, 7) is 12.2. The molecule has 0 radical (unpaired) electrons. The molecular weight excluding hydrogens is 248 g/mol. The summed E-state index contributed by atoms with van der Waals surface area (Å²) in [7, 11) is 1.81. The lowest BCUT2D eigenvalue weighted by Crippen LogP contribution is -2.56. The second-order valence-electron chi connectivity index (χ2n) is 6.33. The Morgan fingerprint density at radius 1 is 1.25 bits per heavy atom. The van der Waals surface area contributed by atoms with Crippen molar-refractivity contribution in [3.8, 4) is 0 Å². The van der Waals surface area contributed by atoms with E-state index >= 15 is 0 Å². The van der Waals surface area contributed by atoms with Gasteiger partial charge in [-0.3, -0.25) is 4.90 Å². The topological polar surface area (TPSA) is 24.5 Å². The van der Waals surface area contributed by atoms with E-state index in [0.717, 1.165) is 25.6 Å². The van der Waals surface area contributed by atoms with Crippen LogP contribution in [-0.2, 0) is 4.74 Å². The van der Waals surface area contributed by atoms with Crippen LogP contribution in [0.3, 0.4) is 0 Å². The maximum Gasteiger partial charge on any atom is 0.0615 e. The van der Waals surface area contributed by atoms with Gasteiger partial charge in [-0.2, -0.15) is 0 Å². The molecule has 0 saturated heterocycles. The SMILES string of the molecule is CCCC1CCC(NCC)C(N(CC)C(C)COC)C1. The molecule has 0 aromatic rings. The maximum absolute atomic E-state index is 5.38. The van der Waals surface area contributed by atoms with Crippen LogP contribution in [0.2, 0.25) is 0 Å². The van der Waals surface area contributed by atoms with E-state index in [4.69, 9.17) is 4.74 Å². The Labute approximate surface area is 126 Å². The van der Waals surface area contributed by atoms with E-state index in [0.29, 0.717) is 18.1 Å². The highest BCUT2D eigenvalue weighted by atomic mass is 16.5. The molecule has 0 heterocycles. The van der Waals surface area contributed by atoms with Gasteiger partial charge in [0.05, 0.1) is 6.61 Å². The zero-order valence-electron chi connectivity index (χ0n) is 14.3. The van der Waals surface area contributed by atoms with Crippen LogP contribution < -0.4 is 5.32 Å². The van der Waals surface area contributed by atoms with Crippen molar-refractivity contribution in [1.29, 1.82) is 0 Å². The predicted octanol–water partition coefficient (Wildman–Crippen LogP) is 3.29. The molecule has 120 valence electrons. The first kappa shape index (κ1) is 17.9. The Bertz CT molecular complexity index is 247. The molecule has 4 atom stereocenters. The Balaban J connectivity index is 2.74. The third-order valence-corrected chi connectivity index (χ3v) is 4.85. The molecule has 0 aromatic carbocycles. The molecule has 3 heteroatoms. The molecule has 1 saturated carbocycles. The van der Waals surface area contributed by atoms with Crippen LogP contribution in [0.4, 0.5) is 0 Å². The summed E-state index contributed by atoms with van der Waals surface area (Å²) in [6, 6.07) is 1.85. The van der Waals surface area contributed by atoms with Gasteiger partial charge in [0.2, 0.25) is 0 Å². The van der Waals surface area contributed by atoms with Crippen LogP contribution in [0.5, 0.6) is 0 Å². The number of ether oxygens (including phenoxy) is 1. The molecule has 0 aromatic heterocycles. The second kappa shape index (κ2) is 9.75. The molecule has 20 heavy (non-hydrogen) atoms. The van der Waals surface area contributed by atoms with Crippen LogP contribution >= 0.6 is 0 Å². The standard InChI is InChI=1S/C17H36N2O/c1-6-9-15-10-11-16(18-7-2)17(12-15)19(8-3)14(4)13-20-5/h14-18H,6-13H2,1-5H3. The highest BCUT2D eigenvalue weighted by Gasteiger charge is 2.34. The normalized spacial score (nSPS) is 28.8. The van der Waals surface area contributed by atoms with Crippen molar-refractivity contribution in [2.75, 3.05) is 26.8 Å². The molecule has 1 aliphatic rings. The van der Waals surface area contributed by atoms with Crippen LogP contribution in [0.15, 0.2) is 0 Å². The smallest absolute Gasteiger partial charge is 0.0615 e. The largest absolute Gasteiger partial charge is 0.383 e. The van der Waals surface area contributed by atoms with E-state index < -0.39 is 0 Å². The summed E-state index contributed by atoms with van der Waals surface area (Å²) in [6.07, 6.45) is 6.81. The first-order valence-corrected chi connectivity index (χ1v) is 8.65. The minimum Gasteiger partial charge on any atom is -0.383 e. The molecule has 4 unspecified atom stereocenters. The van der Waals surface area contributed by atoms with Gasteiger partial charge in [0.25, 0.3) is 0 Å². The van der Waals surface area contributed by atoms with Crippen molar-refractivity contribution in [1.82, 2.24) is 10.2 Å². The molecule has 0 amide bonds. The fraction of sp³-hybridized carbons (Fsp3) is 1.00. The van der Waals surface area contributed by atoms with E-state index in [1.807, 2.05) is 7.11 Å². The van der Waals surface area contributed by atoms with Crippen LogP contribution in [0.1, 0.15) is 59.8 Å². The van der Waals surface area contributed by atoms with Gasteiger partial charge in [-0.25, -0.2) is 0 Å². The number of hydrogen-bond donors (Lipinski definition) is 1. The number of nitrogens with one attached hydrogen (secondary N) is 1. The number of rotatable bonds is 9. The zero-order chi connectivity index (χ0) is 15.0. The van der Waals surface area contributed by atoms with E-state index in [1.54, 1.807) is 0 Å². The van der Waals surface area contributed by atoms with E-state index in [2.05, 4.69) is 37.9 Å². The molecule has 1 N–H and O–H groups in total. The highest BCUT2D eigenvalue weighted by molar-refractivity contribution is 4.92. The summed E-state index contributed by atoms with van der Waals surface area (Å²) < 4.78 is 5.38. The average molecular weight is 284 g/mol. The van der Waals surface area contributed by atoms with E-state index in [1.165, 1.54) is 32.1 Å². The highest BCUT2D eigenvalue weighted by Crippen LogP contribution is 2.32. The third kappa shape index (κ3) is 5.01. The minimum atomic E-state index is 0.511. The Morgan fingerprint density at radius 3 is 2.55 bits per heavy atom. The van der Waals surface area contributed by atoms with Gasteiger partial charge < -0.3 is 10.1 Å². The van der Waals surface area contributed by atoms with Gasteiger partial charge in [-0.05, 0) is 45.2 Å². The molecular formula is C17H36N2O. The molecule has 0 spiro atoms. The summed E-state index contributed by atoms with van der Waals surface area (Å²) in [5.74, 6) is 0.920. The molecule has 0 aliphatic heterocycles. The minimum absolute atomic E-state index is 0.511. The van der Waals surface area contributed by atoms with E-state index in [-0.39, 0.29) is 0 Å². The summed E-state index contributed by atoms with van der Waals surface area (Å²) >= 11 is 0. The fourth-order valence-electron chi connectivity index (χ4n) is 3.98. The summed E-state index contributed by atoms with van der Waals surface area (Å²) in [5, 5.41) is 3.73. The number of methoxy groups -OCH3 is 1. The third-order valence-electron chi connectivity index (χ3n) is 4.85. The second-order valence-corrected chi connectivity index (χ2v) is 6.33. The first-order valence-electron chi connectivity index (χ1n) is 8.65. The van der Waals surface area contributed by atoms with Gasteiger partial charge in [0, 0.05) is 25.2 Å². The average Bonchev–Trinajstić information content (AvgIpc) is 2.43. The van der Waals surface area contributed by atoms with Crippen molar-refractivity contribution in [3.63, 3.8) is 0 Å². The first-order chi connectivity index (χ1) is 9.67. The fourth-order valence-corrected chi connectivity index (χ4v) is 3.98. The van der Waals surface area contributed by atoms with Crippen molar-refractivity contribution in [3.05, 3.63) is 0 Å². The molecule has 1 rings (SSSR count). The molecule has 1 aliphatic carbocycles. The quantitative estimate of drug-likeness (QED) is 0.703. The van der Waals surface area contributed by atoms with Crippen molar-refractivity contribution in [2.24, 2.45) is 5.92 Å². The lowest BCUT2D eigenvalue weighted by molar-refractivity contribution is 0.0322. The van der Waals surface area contributed by atoms with Gasteiger partial charge in [0.1, 0.15) is 0 Å². The van der Waals surface area contributed by atoms with Gasteiger partial charge in [-0.15, -0.1) is 0 Å². The maximum atomic E-state index is 5.38. The van der Waals surface area contributed by atoms with Crippen LogP contribution in [0.25, 0.3) is 0 Å². The van der Waals surface area contributed by atoms with Gasteiger partial charge >= 0.3 is 0 Å². The Morgan fingerprint density at radius 2 is 2.00 bits per heavy atom. The van der Waals surface area contributed by atoms with Crippen LogP contribution in [-0.4, -0.2) is 49.8 Å². The van der Waals surface area contributed by atoms with E-state index in [9.17, 15) is 0 Å². The lowest BCUT2D eigenvalue weighted by atomic mass is 9.79. The van der Waals surface area contributed by atoms with Crippen molar-refractivity contribution in [2.45, 2.75) is 77.9 Å². The number of likely N-dealkylation sites (N-methyl/N-ethyl adjacent to an activating group) is 2. The van der Waals surface area contributed by atoms with Gasteiger partial charge in [-0.1, -0.05) is 33.6 Å². The van der Waals surface area contributed by atoms with Crippen molar-refractivity contribution < 1.29 is 4.74 Å². The summed E-state index contributed by atoms with van der Waals surface area (Å²) in [4.78, 5) is 2.67. The van der Waals surface area contributed by atoms with Crippen LogP contribution in [0, 0.1) is 5.92 Å².